The van der Waals surface area contributed by atoms with Crippen LogP contribution in [0.4, 0.5) is 5.69 Å². The Balaban J connectivity index is 2.46. The van der Waals surface area contributed by atoms with Gasteiger partial charge in [0.1, 0.15) is 16.4 Å². The Kier molecular flexibility index (Phi) is 5.06. The SMILES string of the molecule is CCn1ncc(S(=O)(=O)Nc2cc(OC)c(Cl)cc2OC)c1C. The topological polar surface area (TPSA) is 82.5 Å². The smallest absolute Gasteiger partial charge is 0.265 e. The van der Waals surface area contributed by atoms with Gasteiger partial charge in [-0.1, -0.05) is 11.6 Å². The molecule has 0 unspecified atom stereocenters. The van der Waals surface area contributed by atoms with Crippen LogP contribution in [-0.4, -0.2) is 32.4 Å². The first-order valence-corrected chi connectivity index (χ1v) is 8.66. The summed E-state index contributed by atoms with van der Waals surface area (Å²) in [6.45, 7) is 4.17. The molecule has 1 N–H and O–H groups in total. The second kappa shape index (κ2) is 6.67. The predicted octanol–water partition coefficient (Wildman–Crippen LogP) is 2.68. The number of methoxy groups -OCH3 is 2. The lowest BCUT2D eigenvalue weighted by molar-refractivity contribution is 0.405. The first-order chi connectivity index (χ1) is 10.8. The minimum absolute atomic E-state index is 0.107. The van der Waals surface area contributed by atoms with Gasteiger partial charge in [-0.25, -0.2) is 8.42 Å². The summed E-state index contributed by atoms with van der Waals surface area (Å²) in [5, 5.41) is 4.37. The number of rotatable bonds is 6. The third-order valence-electron chi connectivity index (χ3n) is 3.37. The monoisotopic (exact) mass is 359 g/mol. The van der Waals surface area contributed by atoms with Crippen molar-refractivity contribution >= 4 is 27.3 Å². The number of aryl methyl sites for hydroxylation is 1. The average Bonchev–Trinajstić information content (AvgIpc) is 2.90. The Morgan fingerprint density at radius 1 is 1.26 bits per heavy atom. The van der Waals surface area contributed by atoms with Crippen LogP contribution in [0.5, 0.6) is 11.5 Å². The number of nitrogens with zero attached hydrogens (tertiary/aromatic N) is 2. The standard InChI is InChI=1S/C14H18ClN3O4S/c1-5-18-9(2)14(8-16-18)23(19,20)17-11-7-12(21-3)10(15)6-13(11)22-4/h6-8,17H,5H2,1-4H3. The average molecular weight is 360 g/mol. The largest absolute Gasteiger partial charge is 0.495 e. The molecule has 0 atom stereocenters. The maximum Gasteiger partial charge on any atom is 0.265 e. The van der Waals surface area contributed by atoms with Crippen LogP contribution >= 0.6 is 11.6 Å². The normalized spacial score (nSPS) is 11.3. The number of sulfonamides is 1. The number of hydrogen-bond acceptors (Lipinski definition) is 5. The Labute approximate surface area is 140 Å². The van der Waals surface area contributed by atoms with E-state index in [-0.39, 0.29) is 10.6 Å². The van der Waals surface area contributed by atoms with Crippen molar-refractivity contribution in [3.8, 4) is 11.5 Å². The van der Waals surface area contributed by atoms with E-state index in [0.29, 0.717) is 28.8 Å². The molecular weight excluding hydrogens is 342 g/mol. The van der Waals surface area contributed by atoms with Gasteiger partial charge >= 0.3 is 0 Å². The van der Waals surface area contributed by atoms with E-state index in [1.807, 2.05) is 6.92 Å². The molecule has 23 heavy (non-hydrogen) atoms. The van der Waals surface area contributed by atoms with E-state index >= 15 is 0 Å². The molecule has 0 spiro atoms. The number of halogens is 1. The number of ether oxygens (including phenoxy) is 2. The molecule has 1 aromatic heterocycles. The molecule has 126 valence electrons. The summed E-state index contributed by atoms with van der Waals surface area (Å²) < 4.78 is 39.6. The quantitative estimate of drug-likeness (QED) is 0.857. The van der Waals surface area contributed by atoms with E-state index in [1.165, 1.54) is 32.5 Å². The van der Waals surface area contributed by atoms with Crippen molar-refractivity contribution in [2.75, 3.05) is 18.9 Å². The highest BCUT2D eigenvalue weighted by atomic mass is 35.5. The zero-order valence-corrected chi connectivity index (χ0v) is 14.8. The summed E-state index contributed by atoms with van der Waals surface area (Å²) in [7, 11) is -0.943. The highest BCUT2D eigenvalue weighted by molar-refractivity contribution is 7.92. The van der Waals surface area contributed by atoms with Crippen LogP contribution in [0, 0.1) is 6.92 Å². The van der Waals surface area contributed by atoms with Gasteiger partial charge in [-0.15, -0.1) is 0 Å². The lowest BCUT2D eigenvalue weighted by atomic mass is 10.3. The lowest BCUT2D eigenvalue weighted by Gasteiger charge is -2.14. The molecule has 0 aliphatic heterocycles. The molecular formula is C14H18ClN3O4S. The van der Waals surface area contributed by atoms with Crippen LogP contribution in [-0.2, 0) is 16.6 Å². The molecule has 1 aromatic carbocycles. The second-order valence-corrected chi connectivity index (χ2v) is 6.76. The van der Waals surface area contributed by atoms with Gasteiger partial charge in [0, 0.05) is 18.7 Å². The van der Waals surface area contributed by atoms with Gasteiger partial charge in [-0.3, -0.25) is 9.40 Å². The van der Waals surface area contributed by atoms with E-state index in [2.05, 4.69) is 9.82 Å². The fourth-order valence-electron chi connectivity index (χ4n) is 2.15. The van der Waals surface area contributed by atoms with Crippen molar-refractivity contribution in [2.24, 2.45) is 0 Å². The lowest BCUT2D eigenvalue weighted by Crippen LogP contribution is -2.15. The molecule has 2 aromatic rings. The van der Waals surface area contributed by atoms with E-state index < -0.39 is 10.0 Å². The summed E-state index contributed by atoms with van der Waals surface area (Å²) in [5.74, 6) is 0.631. The molecule has 0 amide bonds. The number of nitrogens with one attached hydrogen (secondary N) is 1. The first-order valence-electron chi connectivity index (χ1n) is 6.80. The van der Waals surface area contributed by atoms with Crippen molar-refractivity contribution in [1.29, 1.82) is 0 Å². The van der Waals surface area contributed by atoms with Crippen molar-refractivity contribution in [3.05, 3.63) is 29.0 Å². The van der Waals surface area contributed by atoms with Gasteiger partial charge in [0.2, 0.25) is 0 Å². The molecule has 9 heteroatoms. The fraction of sp³-hybridized carbons (Fsp3) is 0.357. The van der Waals surface area contributed by atoms with Gasteiger partial charge < -0.3 is 9.47 Å². The highest BCUT2D eigenvalue weighted by Gasteiger charge is 2.23. The van der Waals surface area contributed by atoms with Crippen molar-refractivity contribution in [1.82, 2.24) is 9.78 Å². The molecule has 2 rings (SSSR count). The zero-order chi connectivity index (χ0) is 17.2. The van der Waals surface area contributed by atoms with Crippen molar-refractivity contribution in [2.45, 2.75) is 25.3 Å². The minimum Gasteiger partial charge on any atom is -0.495 e. The van der Waals surface area contributed by atoms with Gasteiger partial charge in [0.25, 0.3) is 10.0 Å². The summed E-state index contributed by atoms with van der Waals surface area (Å²) in [5.41, 5.74) is 0.789. The van der Waals surface area contributed by atoms with Gasteiger partial charge in [-0.05, 0) is 13.8 Å². The Hall–Kier alpha value is -1.93. The molecule has 0 radical (unpaired) electrons. The maximum absolute atomic E-state index is 12.6. The van der Waals surface area contributed by atoms with Gasteiger partial charge in [-0.2, -0.15) is 5.10 Å². The minimum atomic E-state index is -3.82. The molecule has 1 heterocycles. The Bertz CT molecular complexity index is 818. The molecule has 0 saturated heterocycles. The van der Waals surface area contributed by atoms with E-state index in [0.717, 1.165) is 0 Å². The predicted molar refractivity (Wildman–Crippen MR) is 88.0 cm³/mol. The molecule has 0 fully saturated rings. The van der Waals surface area contributed by atoms with E-state index in [4.69, 9.17) is 21.1 Å². The second-order valence-electron chi connectivity index (χ2n) is 4.70. The maximum atomic E-state index is 12.6. The van der Waals surface area contributed by atoms with E-state index in [1.54, 1.807) is 11.6 Å². The molecule has 0 aliphatic rings. The van der Waals surface area contributed by atoms with Crippen LogP contribution in [0.3, 0.4) is 0 Å². The van der Waals surface area contributed by atoms with Gasteiger partial charge in [0.15, 0.2) is 0 Å². The fourth-order valence-corrected chi connectivity index (χ4v) is 3.62. The third kappa shape index (κ3) is 3.37. The van der Waals surface area contributed by atoms with Crippen LogP contribution < -0.4 is 14.2 Å². The number of hydrogen-bond donors (Lipinski definition) is 1. The molecule has 0 aliphatic carbocycles. The van der Waals surface area contributed by atoms with Crippen molar-refractivity contribution < 1.29 is 17.9 Å². The number of anilines is 1. The van der Waals surface area contributed by atoms with Crippen LogP contribution in [0.15, 0.2) is 23.2 Å². The Morgan fingerprint density at radius 2 is 1.91 bits per heavy atom. The highest BCUT2D eigenvalue weighted by Crippen LogP contribution is 2.37. The number of benzene rings is 1. The molecule has 0 bridgehead atoms. The van der Waals surface area contributed by atoms with Crippen LogP contribution in [0.25, 0.3) is 0 Å². The summed E-state index contributed by atoms with van der Waals surface area (Å²) >= 11 is 6.02. The summed E-state index contributed by atoms with van der Waals surface area (Å²) in [6, 6.07) is 2.96. The summed E-state index contributed by atoms with van der Waals surface area (Å²) in [4.78, 5) is 0.107. The first kappa shape index (κ1) is 17.4. The molecule has 0 saturated carbocycles. The van der Waals surface area contributed by atoms with Crippen LogP contribution in [0.2, 0.25) is 5.02 Å². The van der Waals surface area contributed by atoms with Gasteiger partial charge in [0.05, 0.1) is 36.8 Å². The number of aromatic nitrogens is 2. The Morgan fingerprint density at radius 3 is 2.43 bits per heavy atom. The summed E-state index contributed by atoms with van der Waals surface area (Å²) in [6.07, 6.45) is 1.32. The van der Waals surface area contributed by atoms with Crippen molar-refractivity contribution in [3.63, 3.8) is 0 Å². The zero-order valence-electron chi connectivity index (χ0n) is 13.3. The van der Waals surface area contributed by atoms with Crippen LogP contribution in [0.1, 0.15) is 12.6 Å². The third-order valence-corrected chi connectivity index (χ3v) is 5.13. The molecule has 7 nitrogen and oxygen atoms in total. The van der Waals surface area contributed by atoms with E-state index in [9.17, 15) is 8.42 Å².